The zero-order valence-electron chi connectivity index (χ0n) is 56.6. The summed E-state index contributed by atoms with van der Waals surface area (Å²) in [4.78, 5) is 72.4. The van der Waals surface area contributed by atoms with Crippen LogP contribution in [-0.4, -0.2) is 96.7 Å². The molecule has 3 N–H and O–H groups in total. The van der Waals surface area contributed by atoms with Crippen LogP contribution in [0, 0.1) is 23.7 Å². The summed E-state index contributed by atoms with van der Waals surface area (Å²) < 4.78 is 68.2. The molecule has 8 atom stereocenters. The fraction of sp³-hybridized carbons (Fsp3) is 0.941. The Morgan fingerprint density at radius 2 is 0.552 bits per heavy atom. The van der Waals surface area contributed by atoms with Crippen molar-refractivity contribution in [2.75, 3.05) is 39.6 Å². The summed E-state index contributed by atoms with van der Waals surface area (Å²) >= 11 is 0. The van der Waals surface area contributed by atoms with Gasteiger partial charge in [0, 0.05) is 25.7 Å². The maximum atomic E-state index is 13.0. The Balaban J connectivity index is 5.27. The molecule has 17 nitrogen and oxygen atoms in total. The molecule has 0 rings (SSSR count). The Hall–Kier alpha value is -1.94. The number of unbranched alkanes of at least 4 members (excludes halogenated alkanes) is 28. The molecular formula is C68H132O17P2. The van der Waals surface area contributed by atoms with E-state index in [9.17, 15) is 43.2 Å². The van der Waals surface area contributed by atoms with Crippen molar-refractivity contribution in [2.24, 2.45) is 23.7 Å². The predicted octanol–water partition coefficient (Wildman–Crippen LogP) is 18.9. The van der Waals surface area contributed by atoms with Gasteiger partial charge in [-0.25, -0.2) is 9.13 Å². The van der Waals surface area contributed by atoms with Crippen LogP contribution in [0.4, 0.5) is 0 Å². The van der Waals surface area contributed by atoms with Gasteiger partial charge in [-0.2, -0.15) is 0 Å². The van der Waals surface area contributed by atoms with Gasteiger partial charge in [0.2, 0.25) is 0 Å². The van der Waals surface area contributed by atoms with Crippen LogP contribution in [0.25, 0.3) is 0 Å². The number of esters is 4. The summed E-state index contributed by atoms with van der Waals surface area (Å²) in [6, 6.07) is 0. The first kappa shape index (κ1) is 85.1. The molecule has 0 aromatic rings. The Kier molecular flexibility index (Phi) is 56.6. The molecule has 0 aliphatic heterocycles. The number of hydrogen-bond donors (Lipinski definition) is 3. The molecule has 0 aliphatic carbocycles. The molecule has 5 unspecified atom stereocenters. The molecule has 0 saturated heterocycles. The minimum Gasteiger partial charge on any atom is -0.462 e. The summed E-state index contributed by atoms with van der Waals surface area (Å²) in [6.45, 7) is 14.1. The van der Waals surface area contributed by atoms with Crippen LogP contribution in [0.15, 0.2) is 0 Å². The average molecular weight is 1280 g/mol. The molecule has 0 aromatic carbocycles. The standard InChI is InChI=1S/C68H132O17P2/c1-9-59(6)45-37-29-21-18-19-22-32-40-48-65(70)78-54-63(84-67(72)50-42-34-23-17-15-13-12-14-16-20-28-36-44-58(4)5)56-82-86(74,75)80-52-62(69)53-81-87(76,77)83-57-64(85-68(73)51-43-35-27-25-31-39-47-61(8)11-3)55-79-66(71)49-41-33-26-24-30-38-46-60(7)10-2/h58-64,69H,9-57H2,1-8H3,(H,74,75)(H,76,77)/t59?,60?,61?,62-,63-,64-/m1/s1. The monoisotopic (exact) mass is 1280 g/mol. The third kappa shape index (κ3) is 58.9. The van der Waals surface area contributed by atoms with E-state index in [1.807, 2.05) is 0 Å². The van der Waals surface area contributed by atoms with Crippen LogP contribution < -0.4 is 0 Å². The summed E-state index contributed by atoms with van der Waals surface area (Å²) in [5.74, 6) is 0.869. The number of aliphatic hydroxyl groups excluding tert-OH is 1. The molecule has 516 valence electrons. The smallest absolute Gasteiger partial charge is 0.462 e. The maximum Gasteiger partial charge on any atom is 0.472 e. The molecule has 0 heterocycles. The minimum absolute atomic E-state index is 0.101. The van der Waals surface area contributed by atoms with E-state index in [-0.39, 0.29) is 25.7 Å². The highest BCUT2D eigenvalue weighted by molar-refractivity contribution is 7.47. The van der Waals surface area contributed by atoms with Crippen molar-refractivity contribution in [1.29, 1.82) is 0 Å². The Morgan fingerprint density at radius 3 is 0.816 bits per heavy atom. The number of carbonyl (C=O) groups is 4. The first-order valence-corrected chi connectivity index (χ1v) is 38.3. The number of carbonyl (C=O) groups excluding carboxylic acids is 4. The lowest BCUT2D eigenvalue weighted by Gasteiger charge is -2.21. The van der Waals surface area contributed by atoms with E-state index in [1.54, 1.807) is 0 Å². The first-order valence-electron chi connectivity index (χ1n) is 35.3. The summed E-state index contributed by atoms with van der Waals surface area (Å²) in [5, 5.41) is 10.6. The molecule has 87 heavy (non-hydrogen) atoms. The van der Waals surface area contributed by atoms with Gasteiger partial charge in [-0.3, -0.25) is 37.3 Å². The third-order valence-electron chi connectivity index (χ3n) is 16.7. The van der Waals surface area contributed by atoms with Crippen LogP contribution in [0.2, 0.25) is 0 Å². The topological polar surface area (TPSA) is 237 Å². The second-order valence-corrected chi connectivity index (χ2v) is 28.7. The fourth-order valence-corrected chi connectivity index (χ4v) is 11.6. The van der Waals surface area contributed by atoms with E-state index in [1.165, 1.54) is 128 Å². The molecule has 19 heteroatoms. The van der Waals surface area contributed by atoms with Crippen molar-refractivity contribution >= 4 is 39.5 Å². The highest BCUT2D eigenvalue weighted by Crippen LogP contribution is 2.45. The van der Waals surface area contributed by atoms with Gasteiger partial charge in [-0.05, 0) is 49.4 Å². The number of hydrogen-bond acceptors (Lipinski definition) is 15. The molecule has 0 amide bonds. The SMILES string of the molecule is CCC(C)CCCCCCCCCCC(=O)OC[C@H](COP(=O)(O)OC[C@@H](O)COP(=O)(O)OC[C@@H](COC(=O)CCCCCCCCC(C)CC)OC(=O)CCCCCCCCC(C)CC)OC(=O)CCCCCCCCCCCCCCC(C)C. The largest absolute Gasteiger partial charge is 0.472 e. The quantitative estimate of drug-likeness (QED) is 0.0222. The van der Waals surface area contributed by atoms with Gasteiger partial charge < -0.3 is 33.8 Å². The number of aliphatic hydroxyl groups is 1. The summed E-state index contributed by atoms with van der Waals surface area (Å²) in [6.07, 6.45) is 38.9. The zero-order chi connectivity index (χ0) is 64.7. The third-order valence-corrected chi connectivity index (χ3v) is 18.6. The highest BCUT2D eigenvalue weighted by Gasteiger charge is 2.30. The van der Waals surface area contributed by atoms with Gasteiger partial charge in [-0.1, -0.05) is 280 Å². The minimum atomic E-state index is -4.95. The van der Waals surface area contributed by atoms with E-state index in [0.29, 0.717) is 25.7 Å². The molecule has 0 spiro atoms. The van der Waals surface area contributed by atoms with E-state index in [4.69, 9.17) is 37.0 Å². The van der Waals surface area contributed by atoms with Crippen molar-refractivity contribution in [2.45, 2.75) is 350 Å². The van der Waals surface area contributed by atoms with Crippen molar-refractivity contribution in [3.05, 3.63) is 0 Å². The van der Waals surface area contributed by atoms with Crippen LogP contribution >= 0.6 is 15.6 Å². The van der Waals surface area contributed by atoms with Crippen molar-refractivity contribution in [3.8, 4) is 0 Å². The lowest BCUT2D eigenvalue weighted by molar-refractivity contribution is -0.161. The van der Waals surface area contributed by atoms with Gasteiger partial charge in [0.1, 0.15) is 19.3 Å². The zero-order valence-corrected chi connectivity index (χ0v) is 58.4. The van der Waals surface area contributed by atoms with Crippen LogP contribution in [-0.2, 0) is 65.4 Å². The van der Waals surface area contributed by atoms with Gasteiger partial charge in [-0.15, -0.1) is 0 Å². The number of ether oxygens (including phenoxy) is 4. The molecule has 0 saturated carbocycles. The van der Waals surface area contributed by atoms with Crippen molar-refractivity contribution < 1.29 is 80.2 Å². The fourth-order valence-electron chi connectivity index (χ4n) is 10.0. The van der Waals surface area contributed by atoms with Gasteiger partial charge in [0.05, 0.1) is 26.4 Å². The lowest BCUT2D eigenvalue weighted by Crippen LogP contribution is -2.30. The highest BCUT2D eigenvalue weighted by atomic mass is 31.2. The molecule has 0 aromatic heterocycles. The Bertz CT molecular complexity index is 1740. The molecule has 0 aliphatic rings. The predicted molar refractivity (Wildman–Crippen MR) is 349 cm³/mol. The molecule has 0 fully saturated rings. The summed E-state index contributed by atoms with van der Waals surface area (Å²) in [5.41, 5.74) is 0. The van der Waals surface area contributed by atoms with Gasteiger partial charge in [0.15, 0.2) is 12.2 Å². The van der Waals surface area contributed by atoms with E-state index in [2.05, 4.69) is 55.4 Å². The molecular weight excluding hydrogens is 1150 g/mol. The van der Waals surface area contributed by atoms with E-state index in [0.717, 1.165) is 120 Å². The van der Waals surface area contributed by atoms with Crippen molar-refractivity contribution in [1.82, 2.24) is 0 Å². The normalized spacial score (nSPS) is 15.3. The molecule has 0 bridgehead atoms. The van der Waals surface area contributed by atoms with Crippen molar-refractivity contribution in [3.63, 3.8) is 0 Å². The second-order valence-electron chi connectivity index (χ2n) is 25.8. The van der Waals surface area contributed by atoms with E-state index < -0.39 is 97.5 Å². The lowest BCUT2D eigenvalue weighted by atomic mass is 9.99. The van der Waals surface area contributed by atoms with Crippen LogP contribution in [0.3, 0.4) is 0 Å². The van der Waals surface area contributed by atoms with Crippen LogP contribution in [0.5, 0.6) is 0 Å². The van der Waals surface area contributed by atoms with Gasteiger partial charge in [0.25, 0.3) is 0 Å². The summed E-state index contributed by atoms with van der Waals surface area (Å²) in [7, 11) is -9.90. The Labute approximate surface area is 530 Å². The van der Waals surface area contributed by atoms with E-state index >= 15 is 0 Å². The first-order chi connectivity index (χ1) is 41.7. The Morgan fingerprint density at radius 1 is 0.322 bits per heavy atom. The van der Waals surface area contributed by atoms with Crippen LogP contribution in [0.1, 0.15) is 331 Å². The number of phosphoric ester groups is 2. The number of rotatable bonds is 65. The number of phosphoric acid groups is 2. The van der Waals surface area contributed by atoms with Gasteiger partial charge >= 0.3 is 39.5 Å². The average Bonchev–Trinajstić information content (AvgIpc) is 3.70. The second kappa shape index (κ2) is 57.9. The molecule has 0 radical (unpaired) electrons. The maximum absolute atomic E-state index is 13.0.